The fourth-order valence-corrected chi connectivity index (χ4v) is 1.65. The molecular weight excluding hydrogens is 188 g/mol. The second-order valence-electron chi connectivity index (χ2n) is 3.84. The highest BCUT2D eigenvalue weighted by Gasteiger charge is 2.10. The van der Waals surface area contributed by atoms with Crippen LogP contribution < -0.4 is 5.69 Å². The summed E-state index contributed by atoms with van der Waals surface area (Å²) in [6.45, 7) is 4.14. The standard InChI is InChI=1S/C12H14N2O/c1-9(2)11-8-13-12(15)14(11)10-6-4-3-5-7-10/h3-9H,1-2H3,(H,13,15). The van der Waals surface area contributed by atoms with Crippen molar-refractivity contribution in [3.8, 4) is 5.69 Å². The number of rotatable bonds is 2. The molecule has 0 aliphatic heterocycles. The van der Waals surface area contributed by atoms with Crippen molar-refractivity contribution in [3.05, 3.63) is 52.7 Å². The molecule has 2 aromatic rings. The van der Waals surface area contributed by atoms with Gasteiger partial charge in [0.25, 0.3) is 0 Å². The molecule has 1 N–H and O–H groups in total. The van der Waals surface area contributed by atoms with Crippen LogP contribution in [0.4, 0.5) is 0 Å². The number of aromatic amines is 1. The molecule has 0 unspecified atom stereocenters. The number of imidazole rings is 1. The SMILES string of the molecule is CC(C)c1c[nH]c(=O)n1-c1ccccc1. The van der Waals surface area contributed by atoms with Crippen molar-refractivity contribution >= 4 is 0 Å². The first-order valence-electron chi connectivity index (χ1n) is 5.06. The zero-order chi connectivity index (χ0) is 10.8. The minimum atomic E-state index is -0.0788. The van der Waals surface area contributed by atoms with Gasteiger partial charge in [-0.15, -0.1) is 0 Å². The molecule has 15 heavy (non-hydrogen) atoms. The quantitative estimate of drug-likeness (QED) is 0.797. The van der Waals surface area contributed by atoms with Crippen LogP contribution in [-0.4, -0.2) is 9.55 Å². The Balaban J connectivity index is 2.62. The molecule has 0 radical (unpaired) electrons. The highest BCUT2D eigenvalue weighted by molar-refractivity contribution is 5.33. The third-order valence-electron chi connectivity index (χ3n) is 2.41. The van der Waals surface area contributed by atoms with Gasteiger partial charge in [0, 0.05) is 11.9 Å². The Morgan fingerprint density at radius 2 is 1.87 bits per heavy atom. The Morgan fingerprint density at radius 1 is 1.20 bits per heavy atom. The monoisotopic (exact) mass is 202 g/mol. The summed E-state index contributed by atoms with van der Waals surface area (Å²) in [6, 6.07) is 9.66. The van der Waals surface area contributed by atoms with E-state index in [0.717, 1.165) is 11.4 Å². The van der Waals surface area contributed by atoms with Crippen LogP contribution in [0.25, 0.3) is 5.69 Å². The molecule has 2 rings (SSSR count). The lowest BCUT2D eigenvalue weighted by atomic mass is 10.1. The van der Waals surface area contributed by atoms with Gasteiger partial charge in [-0.3, -0.25) is 4.57 Å². The molecule has 1 heterocycles. The molecule has 0 atom stereocenters. The van der Waals surface area contributed by atoms with Crippen LogP contribution in [0.5, 0.6) is 0 Å². The van der Waals surface area contributed by atoms with Crippen molar-refractivity contribution in [1.29, 1.82) is 0 Å². The number of para-hydroxylation sites is 1. The van der Waals surface area contributed by atoms with E-state index in [4.69, 9.17) is 0 Å². The van der Waals surface area contributed by atoms with Crippen LogP contribution in [0.2, 0.25) is 0 Å². The Bertz CT molecular complexity index is 494. The van der Waals surface area contributed by atoms with Gasteiger partial charge in [0.1, 0.15) is 0 Å². The summed E-state index contributed by atoms with van der Waals surface area (Å²) in [5.41, 5.74) is 1.84. The van der Waals surface area contributed by atoms with E-state index in [1.807, 2.05) is 30.3 Å². The number of aromatic nitrogens is 2. The molecule has 0 spiro atoms. The number of nitrogens with zero attached hydrogens (tertiary/aromatic N) is 1. The molecule has 78 valence electrons. The summed E-state index contributed by atoms with van der Waals surface area (Å²) in [5, 5.41) is 0. The van der Waals surface area contributed by atoms with E-state index in [1.165, 1.54) is 0 Å². The fraction of sp³-hybridized carbons (Fsp3) is 0.250. The highest BCUT2D eigenvalue weighted by atomic mass is 16.1. The number of hydrogen-bond acceptors (Lipinski definition) is 1. The van der Waals surface area contributed by atoms with Gasteiger partial charge in [-0.05, 0) is 18.1 Å². The maximum absolute atomic E-state index is 11.7. The topological polar surface area (TPSA) is 37.8 Å². The molecular formula is C12H14N2O. The zero-order valence-corrected chi connectivity index (χ0v) is 8.90. The fourth-order valence-electron chi connectivity index (χ4n) is 1.65. The van der Waals surface area contributed by atoms with Gasteiger partial charge < -0.3 is 4.98 Å². The molecule has 0 bridgehead atoms. The predicted octanol–water partition coefficient (Wildman–Crippen LogP) is 2.29. The summed E-state index contributed by atoms with van der Waals surface area (Å²) in [4.78, 5) is 14.4. The average molecular weight is 202 g/mol. The molecule has 0 amide bonds. The van der Waals surface area contributed by atoms with E-state index in [1.54, 1.807) is 10.8 Å². The first-order valence-corrected chi connectivity index (χ1v) is 5.06. The van der Waals surface area contributed by atoms with Gasteiger partial charge in [-0.1, -0.05) is 32.0 Å². The van der Waals surface area contributed by atoms with E-state index in [-0.39, 0.29) is 5.69 Å². The Labute approximate surface area is 88.4 Å². The molecule has 0 aliphatic carbocycles. The Kier molecular flexibility index (Phi) is 2.46. The second-order valence-corrected chi connectivity index (χ2v) is 3.84. The van der Waals surface area contributed by atoms with Crippen LogP contribution in [0.1, 0.15) is 25.5 Å². The maximum Gasteiger partial charge on any atom is 0.330 e. The van der Waals surface area contributed by atoms with Crippen molar-refractivity contribution in [3.63, 3.8) is 0 Å². The van der Waals surface area contributed by atoms with Gasteiger partial charge in [0.15, 0.2) is 0 Å². The third kappa shape index (κ3) is 1.73. The van der Waals surface area contributed by atoms with Crippen LogP contribution in [-0.2, 0) is 0 Å². The largest absolute Gasteiger partial charge is 0.330 e. The van der Waals surface area contributed by atoms with Crippen molar-refractivity contribution in [2.75, 3.05) is 0 Å². The van der Waals surface area contributed by atoms with Crippen LogP contribution >= 0.6 is 0 Å². The van der Waals surface area contributed by atoms with Crippen molar-refractivity contribution in [2.45, 2.75) is 19.8 Å². The minimum absolute atomic E-state index is 0.0788. The molecule has 1 aromatic heterocycles. The van der Waals surface area contributed by atoms with Gasteiger partial charge in [0.2, 0.25) is 0 Å². The zero-order valence-electron chi connectivity index (χ0n) is 8.90. The molecule has 0 saturated heterocycles. The molecule has 1 aromatic carbocycles. The molecule has 3 nitrogen and oxygen atoms in total. The molecule has 0 aliphatic rings. The van der Waals surface area contributed by atoms with Gasteiger partial charge in [-0.25, -0.2) is 4.79 Å². The predicted molar refractivity (Wildman–Crippen MR) is 60.5 cm³/mol. The summed E-state index contributed by atoms with van der Waals surface area (Å²) >= 11 is 0. The summed E-state index contributed by atoms with van der Waals surface area (Å²) < 4.78 is 1.71. The number of nitrogens with one attached hydrogen (secondary N) is 1. The summed E-state index contributed by atoms with van der Waals surface area (Å²) in [5.74, 6) is 0.323. The first kappa shape index (κ1) is 9.77. The molecule has 0 saturated carbocycles. The van der Waals surface area contributed by atoms with E-state index < -0.39 is 0 Å². The van der Waals surface area contributed by atoms with Crippen molar-refractivity contribution in [1.82, 2.24) is 9.55 Å². The summed E-state index contributed by atoms with van der Waals surface area (Å²) in [6.07, 6.45) is 1.78. The van der Waals surface area contributed by atoms with Crippen molar-refractivity contribution < 1.29 is 0 Å². The highest BCUT2D eigenvalue weighted by Crippen LogP contribution is 2.15. The van der Waals surface area contributed by atoms with E-state index >= 15 is 0 Å². The van der Waals surface area contributed by atoms with E-state index in [2.05, 4.69) is 18.8 Å². The Hall–Kier alpha value is -1.77. The second kappa shape index (κ2) is 3.77. The van der Waals surface area contributed by atoms with E-state index in [0.29, 0.717) is 5.92 Å². The average Bonchev–Trinajstić information content (AvgIpc) is 2.61. The van der Waals surface area contributed by atoms with Gasteiger partial charge in [-0.2, -0.15) is 0 Å². The number of H-pyrrole nitrogens is 1. The van der Waals surface area contributed by atoms with Crippen molar-refractivity contribution in [2.24, 2.45) is 0 Å². The lowest BCUT2D eigenvalue weighted by molar-refractivity contribution is 0.776. The summed E-state index contributed by atoms with van der Waals surface area (Å²) in [7, 11) is 0. The third-order valence-corrected chi connectivity index (χ3v) is 2.41. The lowest BCUT2D eigenvalue weighted by Gasteiger charge is -2.09. The first-order chi connectivity index (χ1) is 7.20. The number of hydrogen-bond donors (Lipinski definition) is 1. The number of benzene rings is 1. The Morgan fingerprint density at radius 3 is 2.47 bits per heavy atom. The molecule has 3 heteroatoms. The normalized spacial score (nSPS) is 10.9. The molecule has 0 fully saturated rings. The minimum Gasteiger partial charge on any atom is -0.312 e. The van der Waals surface area contributed by atoms with E-state index in [9.17, 15) is 4.79 Å². The van der Waals surface area contributed by atoms with Gasteiger partial charge >= 0.3 is 5.69 Å². The lowest BCUT2D eigenvalue weighted by Crippen LogP contribution is -2.17. The van der Waals surface area contributed by atoms with Crippen LogP contribution in [0.15, 0.2) is 41.3 Å². The van der Waals surface area contributed by atoms with Crippen LogP contribution in [0.3, 0.4) is 0 Å². The van der Waals surface area contributed by atoms with Gasteiger partial charge in [0.05, 0.1) is 5.69 Å². The van der Waals surface area contributed by atoms with Crippen LogP contribution in [0, 0.1) is 0 Å². The smallest absolute Gasteiger partial charge is 0.312 e. The maximum atomic E-state index is 11.7.